The summed E-state index contributed by atoms with van der Waals surface area (Å²) in [4.78, 5) is 22.0. The Balaban J connectivity index is 1.39. The summed E-state index contributed by atoms with van der Waals surface area (Å²) in [5.41, 5.74) is 4.39. The third kappa shape index (κ3) is 4.23. The Morgan fingerprint density at radius 1 is 1.14 bits per heavy atom. The average molecular weight is 395 g/mol. The monoisotopic (exact) mass is 394 g/mol. The molecule has 28 heavy (non-hydrogen) atoms. The highest BCUT2D eigenvalue weighted by molar-refractivity contribution is 7.99. The predicted octanol–water partition coefficient (Wildman–Crippen LogP) is 3.39. The standard InChI is InChI=1S/C22H26N4OS/c1-17-8-9-21-23-19(13-25(21)12-17)15-28-16-22(27)26-11-10-24(2)14-20(26)18-6-4-3-5-7-18/h3-9,12-13,20H,10-11,14-16H2,1-2H3. The van der Waals surface area contributed by atoms with Crippen molar-refractivity contribution in [2.75, 3.05) is 32.4 Å². The van der Waals surface area contributed by atoms with Crippen LogP contribution in [0, 0.1) is 6.92 Å². The first kappa shape index (κ1) is 19.0. The average Bonchev–Trinajstić information content (AvgIpc) is 3.10. The lowest BCUT2D eigenvalue weighted by Gasteiger charge is -2.40. The van der Waals surface area contributed by atoms with Crippen LogP contribution in [-0.4, -0.2) is 57.5 Å². The fourth-order valence-electron chi connectivity index (χ4n) is 3.73. The second kappa shape index (κ2) is 8.37. The first-order valence-corrected chi connectivity index (χ1v) is 10.8. The van der Waals surface area contributed by atoms with Crippen molar-refractivity contribution in [3.05, 3.63) is 71.7 Å². The number of amides is 1. The number of fused-ring (bicyclic) bond motifs is 1. The van der Waals surface area contributed by atoms with Gasteiger partial charge in [0.15, 0.2) is 0 Å². The molecule has 6 heteroatoms. The molecule has 0 aliphatic carbocycles. The Morgan fingerprint density at radius 3 is 2.79 bits per heavy atom. The van der Waals surface area contributed by atoms with Crippen LogP contribution in [0.5, 0.6) is 0 Å². The molecule has 1 amide bonds. The zero-order valence-electron chi connectivity index (χ0n) is 16.4. The van der Waals surface area contributed by atoms with Gasteiger partial charge in [-0.05, 0) is 31.2 Å². The lowest BCUT2D eigenvalue weighted by Crippen LogP contribution is -2.49. The van der Waals surface area contributed by atoms with Gasteiger partial charge in [-0.3, -0.25) is 4.79 Å². The van der Waals surface area contributed by atoms with E-state index in [4.69, 9.17) is 0 Å². The zero-order valence-corrected chi connectivity index (χ0v) is 17.2. The van der Waals surface area contributed by atoms with E-state index in [1.807, 2.05) is 24.3 Å². The van der Waals surface area contributed by atoms with Crippen molar-refractivity contribution < 1.29 is 4.79 Å². The topological polar surface area (TPSA) is 40.9 Å². The second-order valence-electron chi connectivity index (χ2n) is 7.47. The van der Waals surface area contributed by atoms with Gasteiger partial charge >= 0.3 is 0 Å². The molecule has 1 aromatic carbocycles. The highest BCUT2D eigenvalue weighted by Gasteiger charge is 2.29. The summed E-state index contributed by atoms with van der Waals surface area (Å²) in [7, 11) is 2.12. The van der Waals surface area contributed by atoms with Crippen LogP contribution in [0.15, 0.2) is 54.9 Å². The molecular weight excluding hydrogens is 368 g/mol. The molecule has 3 aromatic rings. The van der Waals surface area contributed by atoms with Crippen molar-refractivity contribution in [2.45, 2.75) is 18.7 Å². The molecule has 0 bridgehead atoms. The van der Waals surface area contributed by atoms with Crippen molar-refractivity contribution in [1.29, 1.82) is 0 Å². The summed E-state index contributed by atoms with van der Waals surface area (Å²) >= 11 is 1.64. The van der Waals surface area contributed by atoms with Crippen LogP contribution in [0.25, 0.3) is 5.65 Å². The summed E-state index contributed by atoms with van der Waals surface area (Å²) in [5, 5.41) is 0. The summed E-state index contributed by atoms with van der Waals surface area (Å²) in [6.45, 7) is 4.66. The first-order chi connectivity index (χ1) is 13.6. The maximum absolute atomic E-state index is 13.0. The smallest absolute Gasteiger partial charge is 0.233 e. The molecule has 4 rings (SSSR count). The molecule has 1 aliphatic rings. The molecule has 1 atom stereocenters. The third-order valence-electron chi connectivity index (χ3n) is 5.21. The lowest BCUT2D eigenvalue weighted by atomic mass is 10.0. The fraction of sp³-hybridized carbons (Fsp3) is 0.364. The van der Waals surface area contributed by atoms with Crippen LogP contribution < -0.4 is 0 Å². The Bertz CT molecular complexity index is 956. The molecule has 3 heterocycles. The molecule has 0 radical (unpaired) electrons. The van der Waals surface area contributed by atoms with Crippen LogP contribution in [-0.2, 0) is 10.5 Å². The number of pyridine rings is 1. The number of rotatable bonds is 5. The van der Waals surface area contributed by atoms with E-state index in [0.717, 1.165) is 36.7 Å². The molecule has 146 valence electrons. The lowest BCUT2D eigenvalue weighted by molar-refractivity contribution is -0.133. The quantitative estimate of drug-likeness (QED) is 0.665. The van der Waals surface area contributed by atoms with Crippen molar-refractivity contribution in [1.82, 2.24) is 19.2 Å². The number of piperazine rings is 1. The molecular formula is C22H26N4OS. The van der Waals surface area contributed by atoms with Gasteiger partial charge < -0.3 is 14.2 Å². The van der Waals surface area contributed by atoms with Crippen LogP contribution in [0.3, 0.4) is 0 Å². The largest absolute Gasteiger partial charge is 0.332 e. The molecule has 5 nitrogen and oxygen atoms in total. The number of carbonyl (C=O) groups is 1. The van der Waals surface area contributed by atoms with E-state index in [9.17, 15) is 4.79 Å². The van der Waals surface area contributed by atoms with Crippen molar-refractivity contribution in [2.24, 2.45) is 0 Å². The maximum Gasteiger partial charge on any atom is 0.233 e. The van der Waals surface area contributed by atoms with E-state index in [1.165, 1.54) is 11.1 Å². The van der Waals surface area contributed by atoms with Crippen LogP contribution in [0.1, 0.15) is 22.9 Å². The van der Waals surface area contributed by atoms with E-state index in [2.05, 4.69) is 63.7 Å². The van der Waals surface area contributed by atoms with Crippen molar-refractivity contribution in [3.63, 3.8) is 0 Å². The molecule has 1 aliphatic heterocycles. The third-order valence-corrected chi connectivity index (χ3v) is 6.16. The molecule has 1 unspecified atom stereocenters. The fourth-order valence-corrected chi connectivity index (χ4v) is 4.52. The number of nitrogens with zero attached hydrogens (tertiary/aromatic N) is 4. The zero-order chi connectivity index (χ0) is 19.5. The number of aryl methyl sites for hydroxylation is 1. The predicted molar refractivity (Wildman–Crippen MR) is 114 cm³/mol. The Kier molecular flexibility index (Phi) is 5.69. The minimum Gasteiger partial charge on any atom is -0.332 e. The summed E-state index contributed by atoms with van der Waals surface area (Å²) in [6, 6.07) is 14.6. The van der Waals surface area contributed by atoms with Gasteiger partial charge in [-0.25, -0.2) is 4.98 Å². The summed E-state index contributed by atoms with van der Waals surface area (Å²) in [6.07, 6.45) is 4.14. The maximum atomic E-state index is 13.0. The van der Waals surface area contributed by atoms with Gasteiger partial charge in [0.05, 0.1) is 17.5 Å². The van der Waals surface area contributed by atoms with E-state index < -0.39 is 0 Å². The van der Waals surface area contributed by atoms with Gasteiger partial charge in [-0.1, -0.05) is 36.4 Å². The van der Waals surface area contributed by atoms with Gasteiger partial charge in [0.1, 0.15) is 5.65 Å². The van der Waals surface area contributed by atoms with Gasteiger partial charge in [-0.15, -0.1) is 11.8 Å². The minimum absolute atomic E-state index is 0.131. The van der Waals surface area contributed by atoms with E-state index >= 15 is 0 Å². The van der Waals surface area contributed by atoms with Crippen LogP contribution in [0.4, 0.5) is 0 Å². The number of likely N-dealkylation sites (N-methyl/N-ethyl adjacent to an activating group) is 1. The number of thioether (sulfide) groups is 1. The van der Waals surface area contributed by atoms with Crippen LogP contribution >= 0.6 is 11.8 Å². The molecule has 2 aromatic heterocycles. The van der Waals surface area contributed by atoms with Crippen LogP contribution in [0.2, 0.25) is 0 Å². The summed E-state index contributed by atoms with van der Waals surface area (Å²) < 4.78 is 2.05. The van der Waals surface area contributed by atoms with E-state index in [1.54, 1.807) is 11.8 Å². The number of hydrogen-bond donors (Lipinski definition) is 0. The minimum atomic E-state index is 0.131. The number of hydrogen-bond acceptors (Lipinski definition) is 4. The van der Waals surface area contributed by atoms with Gasteiger partial charge in [0.2, 0.25) is 5.91 Å². The van der Waals surface area contributed by atoms with Gasteiger partial charge in [0, 0.05) is 37.8 Å². The first-order valence-electron chi connectivity index (χ1n) is 9.65. The van der Waals surface area contributed by atoms with Gasteiger partial charge in [-0.2, -0.15) is 0 Å². The molecule has 1 fully saturated rings. The Morgan fingerprint density at radius 2 is 1.96 bits per heavy atom. The highest BCUT2D eigenvalue weighted by atomic mass is 32.2. The normalized spacial score (nSPS) is 17.9. The second-order valence-corrected chi connectivity index (χ2v) is 8.46. The Labute approximate surface area is 170 Å². The SMILES string of the molecule is Cc1ccc2nc(CSCC(=O)N3CCN(C)CC3c3ccccc3)cn2c1. The number of aromatic nitrogens is 2. The van der Waals surface area contributed by atoms with Crippen molar-refractivity contribution in [3.8, 4) is 0 Å². The van der Waals surface area contributed by atoms with Gasteiger partial charge in [0.25, 0.3) is 0 Å². The van der Waals surface area contributed by atoms with E-state index in [-0.39, 0.29) is 11.9 Å². The number of carbonyl (C=O) groups excluding carboxylic acids is 1. The molecule has 0 N–H and O–H groups in total. The summed E-state index contributed by atoms with van der Waals surface area (Å²) in [5.74, 6) is 1.45. The van der Waals surface area contributed by atoms with E-state index in [0.29, 0.717) is 5.75 Å². The highest BCUT2D eigenvalue weighted by Crippen LogP contribution is 2.26. The molecule has 0 spiro atoms. The molecule has 0 saturated carbocycles. The number of imidazole rings is 1. The molecule has 1 saturated heterocycles. The van der Waals surface area contributed by atoms with Crippen molar-refractivity contribution >= 4 is 23.3 Å². The number of benzene rings is 1. The Hall–Kier alpha value is -2.31.